The minimum Gasteiger partial charge on any atom is -0.370 e. The molecule has 4 heteroatoms. The molecule has 3 heterocycles. The third kappa shape index (κ3) is 2.21. The van der Waals surface area contributed by atoms with Crippen LogP contribution in [0.4, 0.5) is 0 Å². The monoisotopic (exact) mass is 280 g/mol. The molecular weight excluding hydrogens is 256 g/mol. The quantitative estimate of drug-likeness (QED) is 0.727. The first-order valence-electron chi connectivity index (χ1n) is 8.41. The number of fused-ring (bicyclic) bond motifs is 2. The van der Waals surface area contributed by atoms with Gasteiger partial charge in [0.25, 0.3) is 0 Å². The van der Waals surface area contributed by atoms with E-state index >= 15 is 0 Å². The number of epoxide rings is 2. The zero-order valence-corrected chi connectivity index (χ0v) is 11.9. The van der Waals surface area contributed by atoms with Crippen LogP contribution in [-0.4, -0.2) is 43.9 Å². The van der Waals surface area contributed by atoms with Crippen LogP contribution in [0.2, 0.25) is 0 Å². The molecule has 4 nitrogen and oxygen atoms in total. The lowest BCUT2D eigenvalue weighted by atomic mass is 9.80. The summed E-state index contributed by atoms with van der Waals surface area (Å²) in [5.74, 6) is 1.90. The number of hydrogen-bond acceptors (Lipinski definition) is 4. The fourth-order valence-electron chi connectivity index (χ4n) is 4.62. The highest BCUT2D eigenvalue weighted by molar-refractivity contribution is 4.95. The average molecular weight is 280 g/mol. The Morgan fingerprint density at radius 1 is 0.550 bits per heavy atom. The first-order valence-corrected chi connectivity index (χ1v) is 8.41. The summed E-state index contributed by atoms with van der Waals surface area (Å²) in [5, 5.41) is 0. The Kier molecular flexibility index (Phi) is 2.89. The van der Waals surface area contributed by atoms with Crippen LogP contribution < -0.4 is 0 Å². The van der Waals surface area contributed by atoms with Gasteiger partial charge in [-0.2, -0.15) is 0 Å². The SMILES string of the molecule is C1CC2OC2CC1C1COC(C2CCC3OC3C2)OC1. The van der Waals surface area contributed by atoms with Gasteiger partial charge in [-0.15, -0.1) is 0 Å². The van der Waals surface area contributed by atoms with E-state index in [9.17, 15) is 0 Å². The van der Waals surface area contributed by atoms with E-state index < -0.39 is 0 Å². The summed E-state index contributed by atoms with van der Waals surface area (Å²) in [4.78, 5) is 0. The lowest BCUT2D eigenvalue weighted by Gasteiger charge is -2.38. The Morgan fingerprint density at radius 3 is 1.80 bits per heavy atom. The van der Waals surface area contributed by atoms with E-state index in [1.54, 1.807) is 0 Å². The van der Waals surface area contributed by atoms with E-state index in [1.807, 2.05) is 0 Å². The van der Waals surface area contributed by atoms with Crippen LogP contribution in [0.3, 0.4) is 0 Å². The van der Waals surface area contributed by atoms with Crippen LogP contribution in [0.15, 0.2) is 0 Å². The zero-order chi connectivity index (χ0) is 13.1. The largest absolute Gasteiger partial charge is 0.370 e. The normalized spacial score (nSPS) is 57.6. The van der Waals surface area contributed by atoms with Gasteiger partial charge >= 0.3 is 0 Å². The average Bonchev–Trinajstić information content (AvgIpc) is 3.39. The molecule has 112 valence electrons. The minimum absolute atomic E-state index is 0.0323. The van der Waals surface area contributed by atoms with Gasteiger partial charge in [-0.3, -0.25) is 0 Å². The molecule has 5 aliphatic rings. The molecule has 3 saturated heterocycles. The minimum atomic E-state index is 0.0323. The molecule has 0 amide bonds. The van der Waals surface area contributed by atoms with Gasteiger partial charge < -0.3 is 18.9 Å². The van der Waals surface area contributed by atoms with Crippen molar-refractivity contribution in [3.8, 4) is 0 Å². The molecule has 0 aromatic rings. The molecule has 6 unspecified atom stereocenters. The van der Waals surface area contributed by atoms with Gasteiger partial charge in [-0.05, 0) is 44.4 Å². The standard InChI is InChI=1S/C16H24O4/c1-3-12-14(19-12)5-9(1)11-7-17-16(18-8-11)10-2-4-13-15(6-10)20-13/h9-16H,1-8H2. The molecule has 0 aromatic carbocycles. The van der Waals surface area contributed by atoms with Gasteiger partial charge in [0, 0.05) is 11.8 Å². The number of hydrogen-bond donors (Lipinski definition) is 0. The molecule has 0 aromatic heterocycles. The van der Waals surface area contributed by atoms with Crippen LogP contribution >= 0.6 is 0 Å². The van der Waals surface area contributed by atoms with Crippen LogP contribution in [-0.2, 0) is 18.9 Å². The van der Waals surface area contributed by atoms with E-state index in [2.05, 4.69) is 0 Å². The van der Waals surface area contributed by atoms with Crippen molar-refractivity contribution >= 4 is 0 Å². The van der Waals surface area contributed by atoms with Crippen molar-refractivity contribution in [2.45, 2.75) is 69.2 Å². The van der Waals surface area contributed by atoms with Crippen molar-refractivity contribution in [2.75, 3.05) is 13.2 Å². The summed E-state index contributed by atoms with van der Waals surface area (Å²) in [5.41, 5.74) is 0. The molecule has 0 N–H and O–H groups in total. The summed E-state index contributed by atoms with van der Waals surface area (Å²) in [6.07, 6.45) is 9.59. The smallest absolute Gasteiger partial charge is 0.160 e. The van der Waals surface area contributed by atoms with Crippen molar-refractivity contribution in [1.29, 1.82) is 0 Å². The van der Waals surface area contributed by atoms with Gasteiger partial charge in [0.1, 0.15) is 0 Å². The summed E-state index contributed by atoms with van der Waals surface area (Å²) in [6.45, 7) is 1.77. The van der Waals surface area contributed by atoms with Crippen molar-refractivity contribution in [3.05, 3.63) is 0 Å². The fourth-order valence-corrected chi connectivity index (χ4v) is 4.62. The second kappa shape index (κ2) is 4.67. The first kappa shape index (κ1) is 12.4. The summed E-state index contributed by atoms with van der Waals surface area (Å²) >= 11 is 0. The third-order valence-corrected chi connectivity index (χ3v) is 6.09. The Bertz CT molecular complexity index is 343. The maximum atomic E-state index is 6.08. The van der Waals surface area contributed by atoms with Crippen LogP contribution in [0.1, 0.15) is 38.5 Å². The van der Waals surface area contributed by atoms with Crippen molar-refractivity contribution in [3.63, 3.8) is 0 Å². The number of ether oxygens (including phenoxy) is 4. The van der Waals surface area contributed by atoms with E-state index in [4.69, 9.17) is 18.9 Å². The lowest BCUT2D eigenvalue weighted by Crippen LogP contribution is -2.41. The van der Waals surface area contributed by atoms with Gasteiger partial charge in [0.15, 0.2) is 6.29 Å². The molecule has 20 heavy (non-hydrogen) atoms. The highest BCUT2D eigenvalue weighted by atomic mass is 16.7. The second-order valence-electron chi connectivity index (χ2n) is 7.37. The van der Waals surface area contributed by atoms with Gasteiger partial charge in [0.2, 0.25) is 0 Å². The lowest BCUT2D eigenvalue weighted by molar-refractivity contribution is -0.235. The molecule has 5 fully saturated rings. The van der Waals surface area contributed by atoms with E-state index in [0.717, 1.165) is 25.6 Å². The molecule has 0 radical (unpaired) electrons. The van der Waals surface area contributed by atoms with E-state index in [1.165, 1.54) is 32.1 Å². The summed E-state index contributed by atoms with van der Waals surface area (Å²) < 4.78 is 23.4. The molecule has 2 aliphatic carbocycles. The van der Waals surface area contributed by atoms with Crippen LogP contribution in [0.5, 0.6) is 0 Å². The maximum absolute atomic E-state index is 6.08. The topological polar surface area (TPSA) is 43.5 Å². The molecule has 0 spiro atoms. The Labute approximate surface area is 120 Å². The predicted molar refractivity (Wildman–Crippen MR) is 71.2 cm³/mol. The zero-order valence-electron chi connectivity index (χ0n) is 11.9. The molecular formula is C16H24O4. The molecule has 6 atom stereocenters. The fraction of sp³-hybridized carbons (Fsp3) is 1.00. The third-order valence-electron chi connectivity index (χ3n) is 6.09. The van der Waals surface area contributed by atoms with Crippen LogP contribution in [0, 0.1) is 17.8 Å². The summed E-state index contributed by atoms with van der Waals surface area (Å²) in [6, 6.07) is 0. The highest BCUT2D eigenvalue weighted by Gasteiger charge is 2.49. The van der Waals surface area contributed by atoms with Crippen LogP contribution in [0.25, 0.3) is 0 Å². The van der Waals surface area contributed by atoms with Gasteiger partial charge in [-0.1, -0.05) is 0 Å². The Balaban J connectivity index is 1.14. The highest BCUT2D eigenvalue weighted by Crippen LogP contribution is 2.45. The van der Waals surface area contributed by atoms with Crippen molar-refractivity contribution in [1.82, 2.24) is 0 Å². The van der Waals surface area contributed by atoms with Gasteiger partial charge in [-0.25, -0.2) is 0 Å². The van der Waals surface area contributed by atoms with Crippen molar-refractivity contribution < 1.29 is 18.9 Å². The molecule has 3 aliphatic heterocycles. The molecule has 5 rings (SSSR count). The molecule has 2 saturated carbocycles. The van der Waals surface area contributed by atoms with Crippen molar-refractivity contribution in [2.24, 2.45) is 17.8 Å². The molecule has 0 bridgehead atoms. The van der Waals surface area contributed by atoms with E-state index in [0.29, 0.717) is 36.3 Å². The van der Waals surface area contributed by atoms with Gasteiger partial charge in [0.05, 0.1) is 37.6 Å². The Morgan fingerprint density at radius 2 is 1.15 bits per heavy atom. The maximum Gasteiger partial charge on any atom is 0.160 e. The number of rotatable bonds is 2. The predicted octanol–water partition coefficient (Wildman–Crippen LogP) is 2.11. The first-order chi connectivity index (χ1) is 9.87. The Hall–Kier alpha value is -0.160. The summed E-state index contributed by atoms with van der Waals surface area (Å²) in [7, 11) is 0. The second-order valence-corrected chi connectivity index (χ2v) is 7.37. The van der Waals surface area contributed by atoms with E-state index in [-0.39, 0.29) is 6.29 Å².